The Morgan fingerprint density at radius 1 is 1.06 bits per heavy atom. The van der Waals surface area contributed by atoms with Crippen LogP contribution in [0.5, 0.6) is 0 Å². The van der Waals surface area contributed by atoms with E-state index in [1.165, 1.54) is 11.3 Å². The summed E-state index contributed by atoms with van der Waals surface area (Å²) in [5.41, 5.74) is 2.69. The van der Waals surface area contributed by atoms with E-state index in [1.54, 1.807) is 0 Å². The molecule has 0 N–H and O–H groups in total. The van der Waals surface area contributed by atoms with Crippen LogP contribution in [0.4, 0.5) is 0 Å². The second-order valence-electron chi connectivity index (χ2n) is 4.04. The summed E-state index contributed by atoms with van der Waals surface area (Å²) in [5.74, 6) is 0. The van der Waals surface area contributed by atoms with Gasteiger partial charge >= 0.3 is 0 Å². The summed E-state index contributed by atoms with van der Waals surface area (Å²) < 4.78 is 4.39. The van der Waals surface area contributed by atoms with Crippen LogP contribution in [0.15, 0.2) is 48.9 Å². The first-order valence-corrected chi connectivity index (χ1v) is 5.71. The predicted octanol–water partition coefficient (Wildman–Crippen LogP) is 1.41. The van der Waals surface area contributed by atoms with Crippen molar-refractivity contribution in [2.45, 2.75) is 19.9 Å². The number of hydrogen-bond donors (Lipinski definition) is 0. The van der Waals surface area contributed by atoms with Crippen molar-refractivity contribution in [1.82, 2.24) is 0 Å². The van der Waals surface area contributed by atoms with E-state index in [-0.39, 0.29) is 0 Å². The summed E-state index contributed by atoms with van der Waals surface area (Å²) in [4.78, 5) is 0. The van der Waals surface area contributed by atoms with Crippen molar-refractivity contribution in [2.24, 2.45) is 7.05 Å². The minimum Gasteiger partial charge on any atom is -0.199 e. The highest BCUT2D eigenvalue weighted by atomic mass is 15.0. The molecular weight excluding hydrogens is 196 g/mol. The van der Waals surface area contributed by atoms with Gasteiger partial charge in [0.15, 0.2) is 18.6 Å². The van der Waals surface area contributed by atoms with E-state index in [1.807, 2.05) is 6.07 Å². The molecule has 0 spiro atoms. The van der Waals surface area contributed by atoms with Crippen LogP contribution in [0.1, 0.15) is 18.2 Å². The molecule has 0 saturated carbocycles. The SMILES string of the molecule is CCc1ccc(C[n+]2ccccc2)[n+](C)c1. The van der Waals surface area contributed by atoms with Crippen molar-refractivity contribution in [1.29, 1.82) is 0 Å². The molecule has 2 aromatic rings. The summed E-state index contributed by atoms with van der Waals surface area (Å²) in [5, 5.41) is 0. The molecule has 0 fully saturated rings. The van der Waals surface area contributed by atoms with Gasteiger partial charge in [0.2, 0.25) is 12.2 Å². The Morgan fingerprint density at radius 2 is 1.81 bits per heavy atom. The Kier molecular flexibility index (Phi) is 3.30. The molecule has 2 nitrogen and oxygen atoms in total. The molecule has 0 saturated heterocycles. The molecule has 2 heteroatoms. The number of hydrogen-bond acceptors (Lipinski definition) is 0. The van der Waals surface area contributed by atoms with Gasteiger partial charge in [0.25, 0.3) is 0 Å². The van der Waals surface area contributed by atoms with Crippen LogP contribution < -0.4 is 9.13 Å². The third kappa shape index (κ3) is 2.45. The Morgan fingerprint density at radius 3 is 2.44 bits per heavy atom. The lowest BCUT2D eigenvalue weighted by atomic mass is 10.2. The van der Waals surface area contributed by atoms with E-state index < -0.39 is 0 Å². The van der Waals surface area contributed by atoms with Gasteiger partial charge < -0.3 is 0 Å². The van der Waals surface area contributed by atoms with Crippen molar-refractivity contribution in [3.05, 3.63) is 60.2 Å². The number of pyridine rings is 2. The summed E-state index contributed by atoms with van der Waals surface area (Å²) in [6.07, 6.45) is 7.48. The van der Waals surface area contributed by atoms with Gasteiger partial charge in [0.1, 0.15) is 7.05 Å². The van der Waals surface area contributed by atoms with Gasteiger partial charge in [-0.3, -0.25) is 0 Å². The number of rotatable bonds is 3. The quantitative estimate of drug-likeness (QED) is 0.683. The lowest BCUT2D eigenvalue weighted by Crippen LogP contribution is -2.42. The van der Waals surface area contributed by atoms with Gasteiger partial charge in [-0.15, -0.1) is 0 Å². The molecule has 0 aromatic carbocycles. The zero-order valence-corrected chi connectivity index (χ0v) is 9.93. The average molecular weight is 214 g/mol. The lowest BCUT2D eigenvalue weighted by Gasteiger charge is -1.99. The Balaban J connectivity index is 2.22. The summed E-state index contributed by atoms with van der Waals surface area (Å²) in [6.45, 7) is 3.10. The molecule has 0 aliphatic heterocycles. The maximum absolute atomic E-state index is 2.21. The molecule has 0 bridgehead atoms. The Labute approximate surface area is 96.8 Å². The van der Waals surface area contributed by atoms with E-state index in [9.17, 15) is 0 Å². The molecule has 82 valence electrons. The van der Waals surface area contributed by atoms with Crippen LogP contribution in [0.2, 0.25) is 0 Å². The lowest BCUT2D eigenvalue weighted by molar-refractivity contribution is -0.738. The zero-order chi connectivity index (χ0) is 11.4. The Bertz CT molecular complexity index is 463. The second kappa shape index (κ2) is 4.88. The molecule has 2 rings (SSSR count). The van der Waals surface area contributed by atoms with Crippen LogP contribution in [0.25, 0.3) is 0 Å². The number of aryl methyl sites for hydroxylation is 2. The van der Waals surface area contributed by atoms with E-state index >= 15 is 0 Å². The minimum absolute atomic E-state index is 0.918. The smallest absolute Gasteiger partial charge is 0.199 e. The topological polar surface area (TPSA) is 7.76 Å². The highest BCUT2D eigenvalue weighted by Gasteiger charge is 2.11. The van der Waals surface area contributed by atoms with E-state index in [4.69, 9.17) is 0 Å². The first-order valence-electron chi connectivity index (χ1n) is 5.71. The molecule has 0 amide bonds. The van der Waals surface area contributed by atoms with Gasteiger partial charge in [-0.1, -0.05) is 13.0 Å². The summed E-state index contributed by atoms with van der Waals surface area (Å²) >= 11 is 0. The van der Waals surface area contributed by atoms with Gasteiger partial charge in [0.05, 0.1) is 0 Å². The standard InChI is InChI=1S/C14H18N2/c1-3-13-7-8-14(15(2)11-13)12-16-9-5-4-6-10-16/h4-11H,3,12H2,1-2H3/q+2. The maximum atomic E-state index is 2.21. The van der Waals surface area contributed by atoms with Gasteiger partial charge in [-0.05, 0) is 12.5 Å². The van der Waals surface area contributed by atoms with Crippen molar-refractivity contribution in [3.63, 3.8) is 0 Å². The molecule has 0 aliphatic rings. The minimum atomic E-state index is 0.918. The van der Waals surface area contributed by atoms with E-state index in [0.717, 1.165) is 13.0 Å². The largest absolute Gasteiger partial charge is 0.247 e. The fourth-order valence-electron chi connectivity index (χ4n) is 1.80. The summed E-state index contributed by atoms with van der Waals surface area (Å²) in [7, 11) is 2.11. The first-order chi connectivity index (χ1) is 7.79. The van der Waals surface area contributed by atoms with Crippen molar-refractivity contribution >= 4 is 0 Å². The predicted molar refractivity (Wildman–Crippen MR) is 62.7 cm³/mol. The monoisotopic (exact) mass is 214 g/mol. The normalized spacial score (nSPS) is 10.4. The molecule has 0 unspecified atom stereocenters. The summed E-state index contributed by atoms with van der Waals surface area (Å²) in [6, 6.07) is 10.6. The fraction of sp³-hybridized carbons (Fsp3) is 0.286. The Hall–Kier alpha value is -1.70. The van der Waals surface area contributed by atoms with Crippen LogP contribution in [0, 0.1) is 0 Å². The van der Waals surface area contributed by atoms with Gasteiger partial charge in [0, 0.05) is 23.8 Å². The number of nitrogens with zero attached hydrogens (tertiary/aromatic N) is 2. The molecule has 0 radical (unpaired) electrons. The third-order valence-electron chi connectivity index (χ3n) is 2.83. The first kappa shape index (κ1) is 10.8. The van der Waals surface area contributed by atoms with Crippen LogP contribution in [-0.4, -0.2) is 0 Å². The molecule has 2 aromatic heterocycles. The molecule has 0 aliphatic carbocycles. The average Bonchev–Trinajstić information content (AvgIpc) is 2.33. The molecule has 2 heterocycles. The highest BCUT2D eigenvalue weighted by molar-refractivity contribution is 5.08. The molecular formula is C14H18N2+2. The zero-order valence-electron chi connectivity index (χ0n) is 9.93. The van der Waals surface area contributed by atoms with Crippen molar-refractivity contribution in [3.8, 4) is 0 Å². The van der Waals surface area contributed by atoms with Crippen LogP contribution in [-0.2, 0) is 20.0 Å². The second-order valence-corrected chi connectivity index (χ2v) is 4.04. The maximum Gasteiger partial charge on any atom is 0.247 e. The highest BCUT2D eigenvalue weighted by Crippen LogP contribution is 1.98. The van der Waals surface area contributed by atoms with E-state index in [2.05, 4.69) is 66.0 Å². The molecule has 16 heavy (non-hydrogen) atoms. The third-order valence-corrected chi connectivity index (χ3v) is 2.83. The van der Waals surface area contributed by atoms with Gasteiger partial charge in [-0.2, -0.15) is 9.13 Å². The fourth-order valence-corrected chi connectivity index (χ4v) is 1.80. The van der Waals surface area contributed by atoms with Crippen molar-refractivity contribution < 1.29 is 9.13 Å². The van der Waals surface area contributed by atoms with E-state index in [0.29, 0.717) is 0 Å². The molecule has 0 atom stereocenters. The van der Waals surface area contributed by atoms with Crippen LogP contribution >= 0.6 is 0 Å². The van der Waals surface area contributed by atoms with Crippen LogP contribution in [0.3, 0.4) is 0 Å². The van der Waals surface area contributed by atoms with Gasteiger partial charge in [-0.25, -0.2) is 0 Å². The number of aromatic nitrogens is 2. The van der Waals surface area contributed by atoms with Crippen molar-refractivity contribution in [2.75, 3.05) is 0 Å².